The van der Waals surface area contributed by atoms with Crippen molar-refractivity contribution in [3.63, 3.8) is 0 Å². The van der Waals surface area contributed by atoms with Crippen LogP contribution in [-0.4, -0.2) is 37.2 Å². The van der Waals surface area contributed by atoms with E-state index in [9.17, 15) is 14.4 Å². The molecule has 3 aromatic carbocycles. The van der Waals surface area contributed by atoms with E-state index in [1.165, 1.54) is 6.07 Å². The van der Waals surface area contributed by atoms with Crippen LogP contribution in [0.15, 0.2) is 66.7 Å². The maximum Gasteiger partial charge on any atom is 0.343 e. The number of carbonyl (C=O) groups excluding carboxylic acids is 3. The van der Waals surface area contributed by atoms with E-state index >= 15 is 0 Å². The first kappa shape index (κ1) is 33.9. The van der Waals surface area contributed by atoms with Crippen molar-refractivity contribution in [2.24, 2.45) is 11.7 Å². The molecule has 0 radical (unpaired) electrons. The maximum atomic E-state index is 13.6. The van der Waals surface area contributed by atoms with E-state index in [0.717, 1.165) is 12.0 Å². The Labute approximate surface area is 255 Å². The van der Waals surface area contributed by atoms with E-state index in [4.69, 9.17) is 43.1 Å². The van der Waals surface area contributed by atoms with E-state index in [1.54, 1.807) is 44.2 Å². The molecule has 41 heavy (non-hydrogen) atoms. The number of benzene rings is 3. The van der Waals surface area contributed by atoms with Crippen LogP contribution in [0.25, 0.3) is 0 Å². The molecule has 1 amide bonds. The number of halogens is 3. The lowest BCUT2D eigenvalue weighted by Gasteiger charge is -2.22. The van der Waals surface area contributed by atoms with Gasteiger partial charge >= 0.3 is 11.9 Å². The number of rotatable bonds is 13. The minimum absolute atomic E-state index is 0. The monoisotopic (exact) mass is 622 g/mol. The average molecular weight is 624 g/mol. The second-order valence-corrected chi connectivity index (χ2v) is 10.0. The Morgan fingerprint density at radius 1 is 0.927 bits per heavy atom. The smallest absolute Gasteiger partial charge is 0.343 e. The van der Waals surface area contributed by atoms with Crippen LogP contribution >= 0.6 is 35.6 Å². The number of hydrogen-bond acceptors (Lipinski definition) is 7. The number of nitrogens with one attached hydrogen (secondary N) is 1. The van der Waals surface area contributed by atoms with Gasteiger partial charge in [0.25, 0.3) is 5.91 Å². The van der Waals surface area contributed by atoms with Gasteiger partial charge in [0.15, 0.2) is 17.7 Å². The van der Waals surface area contributed by atoms with E-state index in [0.29, 0.717) is 13.0 Å². The number of esters is 2. The second kappa shape index (κ2) is 16.8. The number of amides is 1. The standard InChI is InChI=1S/C30H32Cl2N2O6.ClH/c1-19(2)29(36)39-24(17-20-11-5-3-6-12-20)34-28(35)22-18-23(31)27(38-16-10-9-15-33)25(32)26(22)40-30(37)21-13-7-4-8-14-21;/h3-8,11-14,18-19,24H,9-10,15-17,33H2,1-2H3,(H,34,35);1H/t24-;/m1./s1. The molecular weight excluding hydrogens is 591 g/mol. The predicted molar refractivity (Wildman–Crippen MR) is 161 cm³/mol. The highest BCUT2D eigenvalue weighted by molar-refractivity contribution is 6.39. The minimum atomic E-state index is -1.02. The van der Waals surface area contributed by atoms with Crippen LogP contribution in [-0.2, 0) is 16.0 Å². The molecule has 0 aliphatic carbocycles. The molecule has 11 heteroatoms. The molecule has 3 N–H and O–H groups in total. The lowest BCUT2D eigenvalue weighted by molar-refractivity contribution is -0.153. The third-order valence-electron chi connectivity index (χ3n) is 5.71. The minimum Gasteiger partial charge on any atom is -0.490 e. The summed E-state index contributed by atoms with van der Waals surface area (Å²) in [7, 11) is 0. The van der Waals surface area contributed by atoms with Crippen molar-refractivity contribution in [2.75, 3.05) is 13.2 Å². The summed E-state index contributed by atoms with van der Waals surface area (Å²) < 4.78 is 17.0. The molecule has 8 nitrogen and oxygen atoms in total. The molecule has 0 saturated heterocycles. The summed E-state index contributed by atoms with van der Waals surface area (Å²) in [5.41, 5.74) is 6.50. The zero-order valence-electron chi connectivity index (χ0n) is 22.7. The molecule has 0 aromatic heterocycles. The molecule has 0 aliphatic rings. The van der Waals surface area contributed by atoms with Crippen molar-refractivity contribution in [2.45, 2.75) is 39.3 Å². The number of hydrogen-bond donors (Lipinski definition) is 2. The van der Waals surface area contributed by atoms with E-state index < -0.39 is 30.0 Å². The molecule has 0 saturated carbocycles. The Morgan fingerprint density at radius 2 is 1.56 bits per heavy atom. The Balaban J connectivity index is 0.00000588. The number of unbranched alkanes of at least 4 members (excludes halogenated alkanes) is 1. The van der Waals surface area contributed by atoms with Gasteiger partial charge in [-0.2, -0.15) is 0 Å². The van der Waals surface area contributed by atoms with Gasteiger partial charge in [-0.05, 0) is 43.1 Å². The fourth-order valence-corrected chi connectivity index (χ4v) is 4.19. The van der Waals surface area contributed by atoms with Gasteiger partial charge in [-0.1, -0.05) is 85.6 Å². The lowest BCUT2D eigenvalue weighted by Crippen LogP contribution is -2.41. The first-order valence-corrected chi connectivity index (χ1v) is 13.6. The normalized spacial score (nSPS) is 11.3. The Morgan fingerprint density at radius 3 is 2.17 bits per heavy atom. The first-order valence-electron chi connectivity index (χ1n) is 12.9. The van der Waals surface area contributed by atoms with E-state index in [1.807, 2.05) is 30.3 Å². The van der Waals surface area contributed by atoms with Gasteiger partial charge in [0.05, 0.1) is 28.7 Å². The zero-order valence-corrected chi connectivity index (χ0v) is 25.1. The van der Waals surface area contributed by atoms with Crippen molar-refractivity contribution in [1.29, 1.82) is 0 Å². The van der Waals surface area contributed by atoms with Gasteiger partial charge in [-0.3, -0.25) is 9.59 Å². The van der Waals surface area contributed by atoms with Crippen molar-refractivity contribution < 1.29 is 28.6 Å². The van der Waals surface area contributed by atoms with Gasteiger partial charge in [-0.15, -0.1) is 12.4 Å². The molecule has 0 aliphatic heterocycles. The fourth-order valence-electron chi connectivity index (χ4n) is 3.58. The number of nitrogens with two attached hydrogens (primary N) is 1. The Bertz CT molecular complexity index is 1310. The van der Waals surface area contributed by atoms with Crippen LogP contribution in [0.3, 0.4) is 0 Å². The molecule has 3 rings (SSSR count). The lowest BCUT2D eigenvalue weighted by atomic mass is 10.1. The van der Waals surface area contributed by atoms with Crippen LogP contribution in [0.5, 0.6) is 11.5 Å². The van der Waals surface area contributed by atoms with Crippen LogP contribution in [0.1, 0.15) is 53.0 Å². The third kappa shape index (κ3) is 9.93. The number of carbonyl (C=O) groups is 3. The quantitative estimate of drug-likeness (QED) is 0.100. The summed E-state index contributed by atoms with van der Waals surface area (Å²) in [5.74, 6) is -2.53. The van der Waals surface area contributed by atoms with Gasteiger partial charge in [-0.25, -0.2) is 4.79 Å². The Kier molecular flexibility index (Phi) is 13.9. The van der Waals surface area contributed by atoms with Crippen LogP contribution in [0.4, 0.5) is 0 Å². The van der Waals surface area contributed by atoms with Gasteiger partial charge in [0, 0.05) is 6.42 Å². The maximum absolute atomic E-state index is 13.6. The van der Waals surface area contributed by atoms with E-state index in [-0.39, 0.29) is 58.1 Å². The Hall–Kier alpha value is -3.30. The molecule has 0 fully saturated rings. The highest BCUT2D eigenvalue weighted by Gasteiger charge is 2.28. The molecule has 220 valence electrons. The second-order valence-electron chi connectivity index (χ2n) is 9.22. The molecule has 3 aromatic rings. The third-order valence-corrected chi connectivity index (χ3v) is 6.33. The average Bonchev–Trinajstić information content (AvgIpc) is 2.94. The topological polar surface area (TPSA) is 117 Å². The summed E-state index contributed by atoms with van der Waals surface area (Å²) in [5, 5.41) is 2.61. The van der Waals surface area contributed by atoms with Gasteiger partial charge in [0.1, 0.15) is 5.02 Å². The summed E-state index contributed by atoms with van der Waals surface area (Å²) >= 11 is 13.1. The summed E-state index contributed by atoms with van der Waals surface area (Å²) in [6, 6.07) is 18.8. The zero-order chi connectivity index (χ0) is 29.1. The number of ether oxygens (including phenoxy) is 3. The largest absolute Gasteiger partial charge is 0.490 e. The van der Waals surface area contributed by atoms with Crippen LogP contribution in [0.2, 0.25) is 10.0 Å². The predicted octanol–water partition coefficient (Wildman–Crippen LogP) is 6.25. The summed E-state index contributed by atoms with van der Waals surface area (Å²) in [4.78, 5) is 39.0. The van der Waals surface area contributed by atoms with Crippen molar-refractivity contribution >= 4 is 53.5 Å². The van der Waals surface area contributed by atoms with Gasteiger partial charge in [0.2, 0.25) is 0 Å². The van der Waals surface area contributed by atoms with Crippen molar-refractivity contribution in [1.82, 2.24) is 5.32 Å². The molecule has 0 heterocycles. The molecular formula is C30H33Cl3N2O6. The van der Waals surface area contributed by atoms with Crippen molar-refractivity contribution in [3.8, 4) is 11.5 Å². The van der Waals surface area contributed by atoms with Crippen LogP contribution in [0, 0.1) is 5.92 Å². The molecule has 1 atom stereocenters. The van der Waals surface area contributed by atoms with Gasteiger partial charge < -0.3 is 25.3 Å². The SMILES string of the molecule is CC(C)C(=O)O[C@H](Cc1ccccc1)NC(=O)c1cc(Cl)c(OCCCCN)c(Cl)c1OC(=O)c1ccccc1.Cl. The highest BCUT2D eigenvalue weighted by atomic mass is 35.5. The molecule has 0 bridgehead atoms. The summed E-state index contributed by atoms with van der Waals surface area (Å²) in [6.45, 7) is 4.14. The van der Waals surface area contributed by atoms with Crippen molar-refractivity contribution in [3.05, 3.63) is 93.5 Å². The highest BCUT2D eigenvalue weighted by Crippen LogP contribution is 2.43. The van der Waals surface area contributed by atoms with Crippen LogP contribution < -0.4 is 20.5 Å². The summed E-state index contributed by atoms with van der Waals surface area (Å²) in [6.07, 6.45) is 0.553. The first-order chi connectivity index (χ1) is 19.2. The molecule has 0 unspecified atom stereocenters. The van der Waals surface area contributed by atoms with E-state index in [2.05, 4.69) is 5.32 Å². The fraction of sp³-hybridized carbons (Fsp3) is 0.300. The molecule has 0 spiro atoms.